The molecule has 1 aromatic heterocycles. The van der Waals surface area contributed by atoms with Gasteiger partial charge in [0.05, 0.1) is 23.1 Å². The van der Waals surface area contributed by atoms with Gasteiger partial charge in [-0.1, -0.05) is 18.6 Å². The Hall–Kier alpha value is -2.14. The van der Waals surface area contributed by atoms with E-state index < -0.39 is 0 Å². The van der Waals surface area contributed by atoms with Crippen LogP contribution in [0.1, 0.15) is 19.3 Å². The molecule has 1 saturated carbocycles. The third-order valence-electron chi connectivity index (χ3n) is 4.12. The molecule has 1 amide bonds. The van der Waals surface area contributed by atoms with Gasteiger partial charge >= 0.3 is 0 Å². The number of rotatable bonds is 4. The van der Waals surface area contributed by atoms with E-state index in [1.807, 2.05) is 35.0 Å². The lowest BCUT2D eigenvalue weighted by molar-refractivity contribution is -0.129. The molecule has 20 heavy (non-hydrogen) atoms. The molecule has 104 valence electrons. The van der Waals surface area contributed by atoms with E-state index in [1.54, 1.807) is 12.5 Å². The number of anilines is 1. The van der Waals surface area contributed by atoms with Crippen molar-refractivity contribution < 1.29 is 4.79 Å². The third kappa shape index (κ3) is 2.10. The second-order valence-electron chi connectivity index (χ2n) is 5.28. The van der Waals surface area contributed by atoms with Crippen molar-refractivity contribution in [3.05, 3.63) is 43.0 Å². The molecule has 0 atom stereocenters. The standard InChI is InChI=1S/C15H18N4O/c16-10-15(6-3-7-15)14(20)18-12-4-1-2-5-13(12)19-9-8-17-11-19/h1-2,4-5,8-9,11H,3,6-7,10,16H2,(H,18,20). The number of carbonyl (C=O) groups excluding carboxylic acids is 1. The zero-order valence-corrected chi connectivity index (χ0v) is 11.2. The monoisotopic (exact) mass is 270 g/mol. The fraction of sp³-hybridized carbons (Fsp3) is 0.333. The van der Waals surface area contributed by atoms with Crippen molar-refractivity contribution >= 4 is 11.6 Å². The van der Waals surface area contributed by atoms with E-state index in [4.69, 9.17) is 5.73 Å². The summed E-state index contributed by atoms with van der Waals surface area (Å²) in [5.41, 5.74) is 7.10. The lowest BCUT2D eigenvalue weighted by Crippen LogP contribution is -2.47. The molecular formula is C15H18N4O. The molecule has 0 spiro atoms. The summed E-state index contributed by atoms with van der Waals surface area (Å²) in [4.78, 5) is 16.5. The fourth-order valence-electron chi connectivity index (χ4n) is 2.59. The molecule has 3 rings (SSSR count). The van der Waals surface area contributed by atoms with Crippen molar-refractivity contribution in [2.75, 3.05) is 11.9 Å². The van der Waals surface area contributed by atoms with Crippen LogP contribution in [0.15, 0.2) is 43.0 Å². The van der Waals surface area contributed by atoms with Gasteiger partial charge in [0.1, 0.15) is 0 Å². The van der Waals surface area contributed by atoms with Gasteiger partial charge in [0.15, 0.2) is 0 Å². The largest absolute Gasteiger partial charge is 0.329 e. The molecule has 1 aliphatic rings. The summed E-state index contributed by atoms with van der Waals surface area (Å²) in [5, 5.41) is 3.02. The lowest BCUT2D eigenvalue weighted by Gasteiger charge is -2.39. The second-order valence-corrected chi connectivity index (χ2v) is 5.28. The molecule has 5 nitrogen and oxygen atoms in total. The van der Waals surface area contributed by atoms with Crippen molar-refractivity contribution in [2.24, 2.45) is 11.1 Å². The van der Waals surface area contributed by atoms with Gasteiger partial charge in [-0.2, -0.15) is 0 Å². The minimum Gasteiger partial charge on any atom is -0.329 e. The van der Waals surface area contributed by atoms with Crippen LogP contribution in [0, 0.1) is 5.41 Å². The van der Waals surface area contributed by atoms with Crippen LogP contribution in [0.5, 0.6) is 0 Å². The number of imidazole rings is 1. The minimum atomic E-state index is -0.373. The number of carbonyl (C=O) groups is 1. The van der Waals surface area contributed by atoms with Gasteiger partial charge in [-0.15, -0.1) is 0 Å². The number of nitrogens with zero attached hydrogens (tertiary/aromatic N) is 2. The van der Waals surface area contributed by atoms with Crippen molar-refractivity contribution in [3.8, 4) is 5.69 Å². The van der Waals surface area contributed by atoms with Crippen molar-refractivity contribution in [1.29, 1.82) is 0 Å². The summed E-state index contributed by atoms with van der Waals surface area (Å²) < 4.78 is 1.88. The van der Waals surface area contributed by atoms with Crippen LogP contribution in [0.3, 0.4) is 0 Å². The van der Waals surface area contributed by atoms with Gasteiger partial charge < -0.3 is 15.6 Å². The van der Waals surface area contributed by atoms with E-state index in [2.05, 4.69) is 10.3 Å². The maximum Gasteiger partial charge on any atom is 0.231 e. The third-order valence-corrected chi connectivity index (χ3v) is 4.12. The molecule has 0 unspecified atom stereocenters. The Morgan fingerprint density at radius 1 is 1.40 bits per heavy atom. The van der Waals surface area contributed by atoms with E-state index in [0.29, 0.717) is 6.54 Å². The SMILES string of the molecule is NCC1(C(=O)Nc2ccccc2-n2ccnc2)CCC1. The first kappa shape index (κ1) is 12.9. The predicted molar refractivity (Wildman–Crippen MR) is 77.5 cm³/mol. The van der Waals surface area contributed by atoms with Gasteiger partial charge in [0.25, 0.3) is 0 Å². The number of hydrogen-bond acceptors (Lipinski definition) is 3. The van der Waals surface area contributed by atoms with Crippen LogP contribution < -0.4 is 11.1 Å². The normalized spacial score (nSPS) is 16.4. The molecule has 0 radical (unpaired) electrons. The summed E-state index contributed by atoms with van der Waals surface area (Å²) in [6, 6.07) is 7.70. The zero-order valence-electron chi connectivity index (χ0n) is 11.2. The van der Waals surface area contributed by atoms with E-state index in [0.717, 1.165) is 30.6 Å². The molecule has 0 bridgehead atoms. The second kappa shape index (κ2) is 5.09. The summed E-state index contributed by atoms with van der Waals surface area (Å²) in [6.45, 7) is 0.409. The topological polar surface area (TPSA) is 72.9 Å². The quantitative estimate of drug-likeness (QED) is 0.891. The molecular weight excluding hydrogens is 252 g/mol. The number of nitrogens with one attached hydrogen (secondary N) is 1. The summed E-state index contributed by atoms with van der Waals surface area (Å²) in [7, 11) is 0. The Kier molecular flexibility index (Phi) is 3.28. The molecule has 1 fully saturated rings. The zero-order chi connectivity index (χ0) is 14.0. The summed E-state index contributed by atoms with van der Waals surface area (Å²) in [6.07, 6.45) is 8.12. The predicted octanol–water partition coefficient (Wildman–Crippen LogP) is 1.94. The summed E-state index contributed by atoms with van der Waals surface area (Å²) >= 11 is 0. The van der Waals surface area contributed by atoms with Gasteiger partial charge in [-0.25, -0.2) is 4.98 Å². The van der Waals surface area contributed by atoms with E-state index in [9.17, 15) is 4.79 Å². The molecule has 2 aromatic rings. The van der Waals surface area contributed by atoms with E-state index >= 15 is 0 Å². The molecule has 3 N–H and O–H groups in total. The van der Waals surface area contributed by atoms with E-state index in [-0.39, 0.29) is 11.3 Å². The highest BCUT2D eigenvalue weighted by Gasteiger charge is 2.42. The van der Waals surface area contributed by atoms with Crippen LogP contribution in [0.25, 0.3) is 5.69 Å². The number of nitrogens with two attached hydrogens (primary N) is 1. The van der Waals surface area contributed by atoms with Crippen LogP contribution in [-0.4, -0.2) is 22.0 Å². The van der Waals surface area contributed by atoms with Crippen molar-refractivity contribution in [2.45, 2.75) is 19.3 Å². The highest BCUT2D eigenvalue weighted by Crippen LogP contribution is 2.41. The Balaban J connectivity index is 1.86. The number of benzene rings is 1. The first-order valence-electron chi connectivity index (χ1n) is 6.84. The minimum absolute atomic E-state index is 0.0267. The molecule has 5 heteroatoms. The average Bonchev–Trinajstić information content (AvgIpc) is 2.92. The highest BCUT2D eigenvalue weighted by atomic mass is 16.2. The van der Waals surface area contributed by atoms with E-state index in [1.165, 1.54) is 0 Å². The van der Waals surface area contributed by atoms with Gasteiger partial charge in [-0.05, 0) is 25.0 Å². The van der Waals surface area contributed by atoms with Gasteiger partial charge in [-0.3, -0.25) is 4.79 Å². The molecule has 1 aromatic carbocycles. The van der Waals surface area contributed by atoms with Crippen LogP contribution in [0.2, 0.25) is 0 Å². The average molecular weight is 270 g/mol. The van der Waals surface area contributed by atoms with Gasteiger partial charge in [0, 0.05) is 18.9 Å². The Morgan fingerprint density at radius 2 is 2.20 bits per heavy atom. The fourth-order valence-corrected chi connectivity index (χ4v) is 2.59. The van der Waals surface area contributed by atoms with Crippen LogP contribution in [0.4, 0.5) is 5.69 Å². The highest BCUT2D eigenvalue weighted by molar-refractivity contribution is 5.97. The number of amides is 1. The Labute approximate surface area is 117 Å². The Bertz CT molecular complexity index is 597. The smallest absolute Gasteiger partial charge is 0.231 e. The van der Waals surface area contributed by atoms with Crippen LogP contribution in [-0.2, 0) is 4.79 Å². The maximum atomic E-state index is 12.5. The van der Waals surface area contributed by atoms with Crippen LogP contribution >= 0.6 is 0 Å². The number of hydrogen-bond donors (Lipinski definition) is 2. The molecule has 0 aliphatic heterocycles. The molecule has 1 heterocycles. The van der Waals surface area contributed by atoms with Gasteiger partial charge in [0.2, 0.25) is 5.91 Å². The lowest BCUT2D eigenvalue weighted by atomic mass is 9.68. The first-order chi connectivity index (χ1) is 9.75. The molecule has 1 aliphatic carbocycles. The number of para-hydroxylation sites is 2. The Morgan fingerprint density at radius 3 is 2.80 bits per heavy atom. The first-order valence-corrected chi connectivity index (χ1v) is 6.84. The van der Waals surface area contributed by atoms with Crippen molar-refractivity contribution in [1.82, 2.24) is 9.55 Å². The summed E-state index contributed by atoms with van der Waals surface area (Å²) in [5.74, 6) is 0.0267. The molecule has 0 saturated heterocycles. The maximum absolute atomic E-state index is 12.5. The number of aromatic nitrogens is 2. The van der Waals surface area contributed by atoms with Crippen molar-refractivity contribution in [3.63, 3.8) is 0 Å².